The average molecular weight is 269 g/mol. The largest absolute Gasteiger partial charge is 0.361 e. The van der Waals surface area contributed by atoms with Crippen molar-refractivity contribution < 1.29 is 4.79 Å². The number of benzene rings is 1. The molecule has 4 rings (SSSR count). The minimum atomic E-state index is 0.0806. The molecule has 3 N–H and O–H groups in total. The van der Waals surface area contributed by atoms with Gasteiger partial charge in [-0.1, -0.05) is 12.1 Å². The number of carbonyl (C=O) groups excluding carboxylic acids is 1. The first-order valence-corrected chi connectivity index (χ1v) is 7.31. The summed E-state index contributed by atoms with van der Waals surface area (Å²) in [6.07, 6.45) is 4.14. The zero-order valence-corrected chi connectivity index (χ0v) is 11.6. The second-order valence-corrected chi connectivity index (χ2v) is 5.96. The average Bonchev–Trinajstić information content (AvgIpc) is 2.91. The standard InChI is InChI=1S/C16H19N3O/c1-17-16(20)10-5-12-11-3-2-4-13-15(11)9(7-18-13)6-14(12)19-8-10/h2-4,7,10,12,14,18-19H,5-6,8H2,1H3,(H,17,20)/t10?,12-,14-/m1/s1. The van der Waals surface area contributed by atoms with E-state index in [1.54, 1.807) is 7.05 Å². The lowest BCUT2D eigenvalue weighted by molar-refractivity contribution is -0.125. The highest BCUT2D eigenvalue weighted by Gasteiger charge is 2.38. The lowest BCUT2D eigenvalue weighted by Crippen LogP contribution is -2.50. The summed E-state index contributed by atoms with van der Waals surface area (Å²) in [6, 6.07) is 6.94. The highest BCUT2D eigenvalue weighted by atomic mass is 16.1. The van der Waals surface area contributed by atoms with Crippen molar-refractivity contribution in [1.82, 2.24) is 15.6 Å². The van der Waals surface area contributed by atoms with Gasteiger partial charge in [-0.25, -0.2) is 0 Å². The zero-order valence-electron chi connectivity index (χ0n) is 11.6. The van der Waals surface area contributed by atoms with E-state index >= 15 is 0 Å². The minimum absolute atomic E-state index is 0.0806. The highest BCUT2D eigenvalue weighted by Crippen LogP contribution is 2.41. The maximum absolute atomic E-state index is 11.9. The normalized spacial score (nSPS) is 28.1. The van der Waals surface area contributed by atoms with Crippen molar-refractivity contribution in [3.63, 3.8) is 0 Å². The van der Waals surface area contributed by atoms with E-state index < -0.39 is 0 Å². The van der Waals surface area contributed by atoms with Gasteiger partial charge in [0.2, 0.25) is 5.91 Å². The molecule has 0 spiro atoms. The van der Waals surface area contributed by atoms with Gasteiger partial charge in [0.05, 0.1) is 5.92 Å². The molecule has 2 aliphatic rings. The molecule has 1 aliphatic carbocycles. The molecule has 0 saturated carbocycles. The molecule has 2 aromatic rings. The van der Waals surface area contributed by atoms with Gasteiger partial charge in [-0.15, -0.1) is 0 Å². The Morgan fingerprint density at radius 2 is 2.30 bits per heavy atom. The molecule has 1 aliphatic heterocycles. The number of aromatic nitrogens is 1. The van der Waals surface area contributed by atoms with Crippen LogP contribution in [0.2, 0.25) is 0 Å². The van der Waals surface area contributed by atoms with Gasteiger partial charge in [-0.3, -0.25) is 4.79 Å². The van der Waals surface area contributed by atoms with E-state index in [2.05, 4.69) is 40.0 Å². The van der Waals surface area contributed by atoms with Crippen LogP contribution in [0, 0.1) is 5.92 Å². The molecular formula is C16H19N3O. The fraction of sp³-hybridized carbons (Fsp3) is 0.438. The Labute approximate surface area is 117 Å². The molecule has 1 fully saturated rings. The lowest BCUT2D eigenvalue weighted by Gasteiger charge is -2.39. The number of aromatic amines is 1. The predicted molar refractivity (Wildman–Crippen MR) is 78.7 cm³/mol. The maximum Gasteiger partial charge on any atom is 0.224 e. The van der Waals surface area contributed by atoms with Gasteiger partial charge in [0.15, 0.2) is 0 Å². The van der Waals surface area contributed by atoms with Gasteiger partial charge >= 0.3 is 0 Å². The monoisotopic (exact) mass is 269 g/mol. The summed E-state index contributed by atoms with van der Waals surface area (Å²) in [4.78, 5) is 15.3. The molecule has 0 radical (unpaired) electrons. The maximum atomic E-state index is 11.9. The summed E-state index contributed by atoms with van der Waals surface area (Å²) < 4.78 is 0. The third-order valence-electron chi connectivity index (χ3n) is 4.93. The van der Waals surface area contributed by atoms with Gasteiger partial charge in [0, 0.05) is 42.7 Å². The summed E-state index contributed by atoms with van der Waals surface area (Å²) in [5.74, 6) is 0.679. The van der Waals surface area contributed by atoms with Crippen molar-refractivity contribution in [1.29, 1.82) is 0 Å². The molecule has 0 bridgehead atoms. The molecule has 1 unspecified atom stereocenters. The van der Waals surface area contributed by atoms with Crippen LogP contribution in [0.1, 0.15) is 23.5 Å². The van der Waals surface area contributed by atoms with Crippen LogP contribution in [0.4, 0.5) is 0 Å². The topological polar surface area (TPSA) is 56.9 Å². The van der Waals surface area contributed by atoms with E-state index in [0.29, 0.717) is 12.0 Å². The summed E-state index contributed by atoms with van der Waals surface area (Å²) in [6.45, 7) is 0.788. The smallest absolute Gasteiger partial charge is 0.224 e. The highest BCUT2D eigenvalue weighted by molar-refractivity contribution is 5.88. The number of hydrogen-bond donors (Lipinski definition) is 3. The first-order valence-electron chi connectivity index (χ1n) is 7.31. The lowest BCUT2D eigenvalue weighted by atomic mass is 9.73. The van der Waals surface area contributed by atoms with Gasteiger partial charge in [0.1, 0.15) is 0 Å². The summed E-state index contributed by atoms with van der Waals surface area (Å²) in [5.41, 5.74) is 4.02. The van der Waals surface area contributed by atoms with Crippen molar-refractivity contribution in [2.75, 3.05) is 13.6 Å². The minimum Gasteiger partial charge on any atom is -0.361 e. The van der Waals surface area contributed by atoms with Crippen LogP contribution in [0.25, 0.3) is 10.9 Å². The van der Waals surface area contributed by atoms with Gasteiger partial charge in [-0.05, 0) is 30.0 Å². The van der Waals surface area contributed by atoms with Crippen LogP contribution >= 0.6 is 0 Å². The van der Waals surface area contributed by atoms with Crippen LogP contribution in [0.15, 0.2) is 24.4 Å². The number of hydrogen-bond acceptors (Lipinski definition) is 2. The number of piperidine rings is 1. The molecule has 2 heterocycles. The zero-order chi connectivity index (χ0) is 13.7. The van der Waals surface area contributed by atoms with Crippen molar-refractivity contribution in [2.45, 2.75) is 24.8 Å². The number of nitrogens with one attached hydrogen (secondary N) is 3. The number of fused-ring (bicyclic) bond motifs is 2. The van der Waals surface area contributed by atoms with Gasteiger partial charge in [0.25, 0.3) is 0 Å². The third kappa shape index (κ3) is 1.61. The Kier molecular flexibility index (Phi) is 2.60. The number of rotatable bonds is 1. The van der Waals surface area contributed by atoms with Crippen molar-refractivity contribution >= 4 is 16.8 Å². The molecule has 104 valence electrons. The Morgan fingerprint density at radius 1 is 1.40 bits per heavy atom. The summed E-state index contributed by atoms with van der Waals surface area (Å²) >= 11 is 0. The number of H-pyrrole nitrogens is 1. The number of amides is 1. The van der Waals surface area contributed by atoms with Gasteiger partial charge < -0.3 is 15.6 Å². The quantitative estimate of drug-likeness (QED) is 0.735. The Morgan fingerprint density at radius 3 is 3.15 bits per heavy atom. The molecule has 20 heavy (non-hydrogen) atoms. The number of carbonyl (C=O) groups is 1. The SMILES string of the molecule is CNC(=O)C1CN[C@@H]2Cc3c[nH]c4cccc(c34)[C@H]2C1. The Balaban J connectivity index is 1.76. The molecule has 1 amide bonds. The second kappa shape index (κ2) is 4.35. The van der Waals surface area contributed by atoms with E-state index in [1.807, 2.05) is 0 Å². The first kappa shape index (κ1) is 12.0. The first-order chi connectivity index (χ1) is 9.78. The van der Waals surface area contributed by atoms with E-state index in [0.717, 1.165) is 19.4 Å². The van der Waals surface area contributed by atoms with Crippen LogP contribution in [0.3, 0.4) is 0 Å². The molecule has 4 heteroatoms. The van der Waals surface area contributed by atoms with E-state index in [4.69, 9.17) is 0 Å². The molecular weight excluding hydrogens is 250 g/mol. The van der Waals surface area contributed by atoms with E-state index in [9.17, 15) is 4.79 Å². The van der Waals surface area contributed by atoms with E-state index in [1.165, 1.54) is 22.0 Å². The molecule has 3 atom stereocenters. The fourth-order valence-corrected chi connectivity index (χ4v) is 3.94. The van der Waals surface area contributed by atoms with Crippen molar-refractivity contribution in [2.24, 2.45) is 5.92 Å². The predicted octanol–water partition coefficient (Wildman–Crippen LogP) is 1.53. The Bertz CT molecular complexity index is 675. The molecule has 1 aromatic carbocycles. The van der Waals surface area contributed by atoms with Crippen molar-refractivity contribution in [3.8, 4) is 0 Å². The molecule has 4 nitrogen and oxygen atoms in total. The fourth-order valence-electron chi connectivity index (χ4n) is 3.94. The van der Waals surface area contributed by atoms with Crippen molar-refractivity contribution in [3.05, 3.63) is 35.5 Å². The second-order valence-electron chi connectivity index (χ2n) is 5.96. The molecule has 1 aromatic heterocycles. The van der Waals surface area contributed by atoms with Crippen LogP contribution in [-0.4, -0.2) is 30.5 Å². The van der Waals surface area contributed by atoms with Crippen LogP contribution in [-0.2, 0) is 11.2 Å². The summed E-state index contributed by atoms with van der Waals surface area (Å²) in [5, 5.41) is 7.75. The van der Waals surface area contributed by atoms with Crippen LogP contribution in [0.5, 0.6) is 0 Å². The van der Waals surface area contributed by atoms with Crippen LogP contribution < -0.4 is 10.6 Å². The van der Waals surface area contributed by atoms with E-state index in [-0.39, 0.29) is 11.8 Å². The third-order valence-corrected chi connectivity index (χ3v) is 4.93. The Hall–Kier alpha value is -1.81. The molecule has 1 saturated heterocycles. The summed E-state index contributed by atoms with van der Waals surface area (Å²) in [7, 11) is 1.72. The van der Waals surface area contributed by atoms with Gasteiger partial charge in [-0.2, -0.15) is 0 Å².